The zero-order valence-electron chi connectivity index (χ0n) is 5.60. The number of aromatic nitrogens is 2. The van der Waals surface area contributed by atoms with E-state index in [-0.39, 0.29) is 0 Å². The third kappa shape index (κ3) is 1.09. The van der Waals surface area contributed by atoms with Crippen molar-refractivity contribution < 1.29 is 0 Å². The molecule has 52 valence electrons. The molecular weight excluding hydrogens is 130 g/mol. The van der Waals surface area contributed by atoms with Crippen LogP contribution in [0, 0.1) is 0 Å². The highest BCUT2D eigenvalue weighted by Crippen LogP contribution is 2.07. The van der Waals surface area contributed by atoms with Gasteiger partial charge in [-0.25, -0.2) is 4.98 Å². The van der Waals surface area contributed by atoms with E-state index in [9.17, 15) is 0 Å². The SMILES string of the molecule is CCn1ccnc1N=[N+]=[N-]. The van der Waals surface area contributed by atoms with Gasteiger partial charge in [0.15, 0.2) is 5.95 Å². The van der Waals surface area contributed by atoms with Gasteiger partial charge in [0.1, 0.15) is 0 Å². The Hall–Kier alpha value is -1.48. The molecule has 1 rings (SSSR count). The molecule has 0 bridgehead atoms. The molecule has 0 saturated carbocycles. The average molecular weight is 137 g/mol. The van der Waals surface area contributed by atoms with Gasteiger partial charge in [0.05, 0.1) is 0 Å². The maximum Gasteiger partial charge on any atom is 0.196 e. The summed E-state index contributed by atoms with van der Waals surface area (Å²) in [4.78, 5) is 6.45. The highest BCUT2D eigenvalue weighted by atomic mass is 15.3. The van der Waals surface area contributed by atoms with E-state index in [4.69, 9.17) is 5.53 Å². The number of nitrogens with zero attached hydrogens (tertiary/aromatic N) is 5. The standard InChI is InChI=1S/C5H7N5/c1-2-10-4-3-7-5(10)8-9-6/h3-4H,2H2,1H3. The Balaban J connectivity index is 3.00. The van der Waals surface area contributed by atoms with Crippen LogP contribution < -0.4 is 0 Å². The fourth-order valence-corrected chi connectivity index (χ4v) is 0.691. The molecule has 0 amide bonds. The Morgan fingerprint density at radius 1 is 1.90 bits per heavy atom. The lowest BCUT2D eigenvalue weighted by molar-refractivity contribution is 0.763. The molecule has 0 aliphatic rings. The molecule has 0 spiro atoms. The molecule has 0 aliphatic carbocycles. The summed E-state index contributed by atoms with van der Waals surface area (Å²) in [5.74, 6) is 0.421. The van der Waals surface area contributed by atoms with Gasteiger partial charge in [-0.2, -0.15) is 0 Å². The maximum absolute atomic E-state index is 8.06. The second kappa shape index (κ2) is 2.89. The topological polar surface area (TPSA) is 66.6 Å². The maximum atomic E-state index is 8.06. The molecule has 5 nitrogen and oxygen atoms in total. The van der Waals surface area contributed by atoms with Gasteiger partial charge in [-0.3, -0.25) is 0 Å². The number of aryl methyl sites for hydroxylation is 1. The van der Waals surface area contributed by atoms with Crippen molar-refractivity contribution >= 4 is 5.95 Å². The van der Waals surface area contributed by atoms with Crippen molar-refractivity contribution in [2.75, 3.05) is 0 Å². The van der Waals surface area contributed by atoms with Crippen LogP contribution in [0.2, 0.25) is 0 Å². The lowest BCUT2D eigenvalue weighted by atomic mass is 10.7. The van der Waals surface area contributed by atoms with E-state index in [2.05, 4.69) is 15.0 Å². The molecule has 0 atom stereocenters. The summed E-state index contributed by atoms with van der Waals surface area (Å²) < 4.78 is 1.76. The van der Waals surface area contributed by atoms with Crippen LogP contribution in [0.1, 0.15) is 6.92 Å². The Morgan fingerprint density at radius 3 is 3.30 bits per heavy atom. The van der Waals surface area contributed by atoms with Gasteiger partial charge in [-0.05, 0) is 17.6 Å². The van der Waals surface area contributed by atoms with Gasteiger partial charge in [-0.15, -0.1) is 0 Å². The van der Waals surface area contributed by atoms with Gasteiger partial charge in [0.25, 0.3) is 0 Å². The highest BCUT2D eigenvalue weighted by Gasteiger charge is 1.94. The van der Waals surface area contributed by atoms with Crippen LogP contribution in [0.4, 0.5) is 5.95 Å². The van der Waals surface area contributed by atoms with Gasteiger partial charge in [-0.1, -0.05) is 0 Å². The predicted octanol–water partition coefficient (Wildman–Crippen LogP) is 1.84. The second-order valence-electron chi connectivity index (χ2n) is 1.70. The average Bonchev–Trinajstić information content (AvgIpc) is 2.36. The van der Waals surface area contributed by atoms with Crippen LogP contribution in [-0.4, -0.2) is 9.55 Å². The van der Waals surface area contributed by atoms with Crippen LogP contribution in [0.15, 0.2) is 17.5 Å². The van der Waals surface area contributed by atoms with E-state index in [0.29, 0.717) is 5.95 Å². The number of hydrogen-bond donors (Lipinski definition) is 0. The Labute approximate surface area is 57.9 Å². The highest BCUT2D eigenvalue weighted by molar-refractivity contribution is 5.15. The summed E-state index contributed by atoms with van der Waals surface area (Å²) in [5.41, 5.74) is 8.06. The lowest BCUT2D eigenvalue weighted by Gasteiger charge is -1.95. The molecule has 10 heavy (non-hydrogen) atoms. The van der Waals surface area contributed by atoms with Crippen molar-refractivity contribution in [3.8, 4) is 0 Å². The lowest BCUT2D eigenvalue weighted by Crippen LogP contribution is -1.89. The molecule has 0 saturated heterocycles. The summed E-state index contributed by atoms with van der Waals surface area (Å²) in [6.07, 6.45) is 3.37. The first-order chi connectivity index (χ1) is 4.88. The Bertz CT molecular complexity index is 257. The molecule has 1 aromatic rings. The van der Waals surface area contributed by atoms with Crippen LogP contribution in [0.3, 0.4) is 0 Å². The van der Waals surface area contributed by atoms with E-state index >= 15 is 0 Å². The number of imidazole rings is 1. The van der Waals surface area contributed by atoms with Crippen molar-refractivity contribution in [2.45, 2.75) is 13.5 Å². The Morgan fingerprint density at radius 2 is 2.70 bits per heavy atom. The van der Waals surface area contributed by atoms with Gasteiger partial charge < -0.3 is 4.57 Å². The number of rotatable bonds is 2. The molecule has 0 aliphatic heterocycles. The molecule has 1 heterocycles. The first-order valence-electron chi connectivity index (χ1n) is 2.94. The third-order valence-corrected chi connectivity index (χ3v) is 1.17. The predicted molar refractivity (Wildman–Crippen MR) is 36.7 cm³/mol. The number of azide groups is 1. The smallest absolute Gasteiger partial charge is 0.196 e. The zero-order valence-corrected chi connectivity index (χ0v) is 5.60. The van der Waals surface area contributed by atoms with E-state index in [1.165, 1.54) is 0 Å². The minimum absolute atomic E-state index is 0.421. The molecule has 5 heteroatoms. The van der Waals surface area contributed by atoms with Gasteiger partial charge in [0.2, 0.25) is 0 Å². The minimum Gasteiger partial charge on any atom is -0.330 e. The van der Waals surface area contributed by atoms with Crippen LogP contribution in [0.25, 0.3) is 10.4 Å². The minimum atomic E-state index is 0.421. The summed E-state index contributed by atoms with van der Waals surface area (Å²) >= 11 is 0. The zero-order chi connectivity index (χ0) is 7.40. The molecule has 0 aromatic carbocycles. The van der Waals surface area contributed by atoms with E-state index in [1.54, 1.807) is 17.0 Å². The first-order valence-corrected chi connectivity index (χ1v) is 2.94. The van der Waals surface area contributed by atoms with Gasteiger partial charge in [0, 0.05) is 23.9 Å². The third-order valence-electron chi connectivity index (χ3n) is 1.17. The monoisotopic (exact) mass is 137 g/mol. The molecule has 0 unspecified atom stereocenters. The molecule has 0 radical (unpaired) electrons. The summed E-state index contributed by atoms with van der Waals surface area (Å²) in [6.45, 7) is 2.73. The summed E-state index contributed by atoms with van der Waals surface area (Å²) in [5, 5.41) is 3.37. The molecule has 1 aromatic heterocycles. The Kier molecular flexibility index (Phi) is 1.92. The van der Waals surface area contributed by atoms with Crippen LogP contribution in [0.5, 0.6) is 0 Å². The van der Waals surface area contributed by atoms with Gasteiger partial charge >= 0.3 is 0 Å². The van der Waals surface area contributed by atoms with Crippen molar-refractivity contribution in [2.24, 2.45) is 5.11 Å². The largest absolute Gasteiger partial charge is 0.330 e. The second-order valence-corrected chi connectivity index (χ2v) is 1.70. The van der Waals surface area contributed by atoms with Crippen molar-refractivity contribution in [3.05, 3.63) is 22.8 Å². The van der Waals surface area contributed by atoms with Crippen molar-refractivity contribution in [1.29, 1.82) is 0 Å². The number of hydrogen-bond acceptors (Lipinski definition) is 2. The normalized spacial score (nSPS) is 8.90. The van der Waals surface area contributed by atoms with Crippen molar-refractivity contribution in [3.63, 3.8) is 0 Å². The van der Waals surface area contributed by atoms with Crippen molar-refractivity contribution in [1.82, 2.24) is 9.55 Å². The van der Waals surface area contributed by atoms with E-state index in [1.807, 2.05) is 6.92 Å². The van der Waals surface area contributed by atoms with Crippen LogP contribution >= 0.6 is 0 Å². The molecule has 0 N–H and O–H groups in total. The quantitative estimate of drug-likeness (QED) is 0.348. The molecular formula is C5H7N5. The van der Waals surface area contributed by atoms with E-state index < -0.39 is 0 Å². The summed E-state index contributed by atoms with van der Waals surface area (Å²) in [6, 6.07) is 0. The first kappa shape index (κ1) is 6.64. The summed E-state index contributed by atoms with van der Waals surface area (Å²) in [7, 11) is 0. The van der Waals surface area contributed by atoms with Crippen LogP contribution in [-0.2, 0) is 6.54 Å². The fraction of sp³-hybridized carbons (Fsp3) is 0.400. The fourth-order valence-electron chi connectivity index (χ4n) is 0.691. The molecule has 0 fully saturated rings. The van der Waals surface area contributed by atoms with E-state index in [0.717, 1.165) is 6.54 Å².